The van der Waals surface area contributed by atoms with Gasteiger partial charge in [0.05, 0.1) is 0 Å². The lowest BCUT2D eigenvalue weighted by Crippen LogP contribution is -2.32. The van der Waals surface area contributed by atoms with Gasteiger partial charge in [-0.1, -0.05) is 43.4 Å². The highest BCUT2D eigenvalue weighted by Crippen LogP contribution is 2.24. The van der Waals surface area contributed by atoms with Gasteiger partial charge in [-0.3, -0.25) is 0 Å². The third kappa shape index (κ3) is 4.52. The highest BCUT2D eigenvalue weighted by molar-refractivity contribution is 5.42. The van der Waals surface area contributed by atoms with Crippen LogP contribution in [0.15, 0.2) is 12.1 Å². The second-order valence-corrected chi connectivity index (χ2v) is 6.22. The Hall–Kier alpha value is -1.02. The highest BCUT2D eigenvalue weighted by atomic mass is 16.5. The fraction of sp³-hybridized carbons (Fsp3) is 0.667. The molecule has 20 heavy (non-hydrogen) atoms. The fourth-order valence-corrected chi connectivity index (χ4v) is 3.29. The van der Waals surface area contributed by atoms with E-state index in [0.717, 1.165) is 18.9 Å². The zero-order valence-corrected chi connectivity index (χ0v) is 13.3. The summed E-state index contributed by atoms with van der Waals surface area (Å²) >= 11 is 0. The van der Waals surface area contributed by atoms with Gasteiger partial charge in [0.25, 0.3) is 0 Å². The Balaban J connectivity index is 1.75. The monoisotopic (exact) mass is 275 g/mol. The summed E-state index contributed by atoms with van der Waals surface area (Å²) in [5.41, 5.74) is 3.80. The van der Waals surface area contributed by atoms with Crippen molar-refractivity contribution >= 4 is 0 Å². The molecule has 112 valence electrons. The fourth-order valence-electron chi connectivity index (χ4n) is 3.29. The van der Waals surface area contributed by atoms with Crippen molar-refractivity contribution in [1.82, 2.24) is 5.32 Å². The van der Waals surface area contributed by atoms with Crippen molar-refractivity contribution in [2.45, 2.75) is 65.3 Å². The van der Waals surface area contributed by atoms with Crippen molar-refractivity contribution in [2.75, 3.05) is 13.2 Å². The zero-order chi connectivity index (χ0) is 14.4. The molecule has 0 aliphatic heterocycles. The average molecular weight is 275 g/mol. The lowest BCUT2D eigenvalue weighted by Gasteiger charge is -2.17. The molecular weight excluding hydrogens is 246 g/mol. The van der Waals surface area contributed by atoms with Crippen molar-refractivity contribution in [2.24, 2.45) is 0 Å². The van der Waals surface area contributed by atoms with Gasteiger partial charge in [0.1, 0.15) is 12.4 Å². The molecule has 0 radical (unpaired) electrons. The first-order chi connectivity index (χ1) is 9.66. The van der Waals surface area contributed by atoms with Crippen LogP contribution in [-0.2, 0) is 0 Å². The number of hydrogen-bond acceptors (Lipinski definition) is 2. The van der Waals surface area contributed by atoms with Crippen LogP contribution in [0.4, 0.5) is 0 Å². The van der Waals surface area contributed by atoms with Gasteiger partial charge in [0.15, 0.2) is 0 Å². The summed E-state index contributed by atoms with van der Waals surface area (Å²) in [5, 5.41) is 3.66. The molecule has 0 saturated heterocycles. The summed E-state index contributed by atoms with van der Waals surface area (Å²) < 4.78 is 5.98. The first-order valence-electron chi connectivity index (χ1n) is 8.11. The van der Waals surface area contributed by atoms with Gasteiger partial charge in [0.2, 0.25) is 0 Å². The SMILES string of the molecule is Cc1cc(C)c(OCCNC2CCCCCC2)c(C)c1. The van der Waals surface area contributed by atoms with Gasteiger partial charge in [-0.15, -0.1) is 0 Å². The number of benzene rings is 1. The minimum absolute atomic E-state index is 0.710. The maximum Gasteiger partial charge on any atom is 0.125 e. The molecule has 1 aromatic rings. The number of rotatable bonds is 5. The number of nitrogens with one attached hydrogen (secondary N) is 1. The van der Waals surface area contributed by atoms with E-state index in [2.05, 4.69) is 38.2 Å². The minimum atomic E-state index is 0.710. The highest BCUT2D eigenvalue weighted by Gasteiger charge is 2.11. The predicted molar refractivity (Wildman–Crippen MR) is 85.6 cm³/mol. The molecule has 1 aromatic carbocycles. The molecule has 0 atom stereocenters. The number of hydrogen-bond donors (Lipinski definition) is 1. The van der Waals surface area contributed by atoms with Crippen LogP contribution in [-0.4, -0.2) is 19.2 Å². The van der Waals surface area contributed by atoms with Crippen LogP contribution >= 0.6 is 0 Å². The zero-order valence-electron chi connectivity index (χ0n) is 13.3. The molecule has 2 rings (SSSR count). The van der Waals surface area contributed by atoms with Crippen LogP contribution in [0.25, 0.3) is 0 Å². The first kappa shape index (κ1) is 15.4. The molecule has 2 heteroatoms. The Kier molecular flexibility index (Phi) is 5.90. The molecule has 1 aliphatic carbocycles. The van der Waals surface area contributed by atoms with E-state index in [1.165, 1.54) is 55.2 Å². The predicted octanol–water partition coefficient (Wildman–Crippen LogP) is 4.30. The smallest absolute Gasteiger partial charge is 0.125 e. The topological polar surface area (TPSA) is 21.3 Å². The third-order valence-electron chi connectivity index (χ3n) is 4.24. The van der Waals surface area contributed by atoms with E-state index in [1.807, 2.05) is 0 Å². The first-order valence-corrected chi connectivity index (χ1v) is 8.11. The maximum absolute atomic E-state index is 5.98. The summed E-state index contributed by atoms with van der Waals surface area (Å²) in [4.78, 5) is 0. The van der Waals surface area contributed by atoms with E-state index in [1.54, 1.807) is 0 Å². The van der Waals surface area contributed by atoms with Crippen molar-refractivity contribution in [3.05, 3.63) is 28.8 Å². The molecule has 0 amide bonds. The van der Waals surface area contributed by atoms with E-state index < -0.39 is 0 Å². The van der Waals surface area contributed by atoms with Gasteiger partial charge in [0, 0.05) is 12.6 Å². The molecule has 1 aliphatic rings. The Bertz CT molecular complexity index is 396. The van der Waals surface area contributed by atoms with E-state index >= 15 is 0 Å². The molecule has 1 saturated carbocycles. The van der Waals surface area contributed by atoms with Gasteiger partial charge >= 0.3 is 0 Å². The standard InChI is InChI=1S/C18H29NO/c1-14-12-15(2)18(16(3)13-14)20-11-10-19-17-8-6-4-5-7-9-17/h12-13,17,19H,4-11H2,1-3H3. The van der Waals surface area contributed by atoms with Gasteiger partial charge in [-0.2, -0.15) is 0 Å². The molecule has 2 nitrogen and oxygen atoms in total. The molecule has 0 heterocycles. The van der Waals surface area contributed by atoms with E-state index in [0.29, 0.717) is 6.04 Å². The molecule has 0 unspecified atom stereocenters. The van der Waals surface area contributed by atoms with Crippen LogP contribution in [0.2, 0.25) is 0 Å². The van der Waals surface area contributed by atoms with Crippen molar-refractivity contribution in [3.8, 4) is 5.75 Å². The minimum Gasteiger partial charge on any atom is -0.492 e. The van der Waals surface area contributed by atoms with E-state index in [4.69, 9.17) is 4.74 Å². The lowest BCUT2D eigenvalue weighted by molar-refractivity contribution is 0.297. The van der Waals surface area contributed by atoms with Crippen LogP contribution in [0, 0.1) is 20.8 Å². The summed E-state index contributed by atoms with van der Waals surface area (Å²) in [6.45, 7) is 8.12. The summed E-state index contributed by atoms with van der Waals surface area (Å²) in [6.07, 6.45) is 8.27. The van der Waals surface area contributed by atoms with Crippen molar-refractivity contribution < 1.29 is 4.74 Å². The number of aryl methyl sites for hydroxylation is 3. The van der Waals surface area contributed by atoms with Crippen LogP contribution in [0.3, 0.4) is 0 Å². The van der Waals surface area contributed by atoms with Crippen molar-refractivity contribution in [3.63, 3.8) is 0 Å². The van der Waals surface area contributed by atoms with E-state index in [9.17, 15) is 0 Å². The van der Waals surface area contributed by atoms with Crippen LogP contribution in [0.5, 0.6) is 5.75 Å². The number of ether oxygens (including phenoxy) is 1. The Morgan fingerprint density at radius 2 is 1.60 bits per heavy atom. The second kappa shape index (κ2) is 7.68. The van der Waals surface area contributed by atoms with Gasteiger partial charge < -0.3 is 10.1 Å². The summed E-state index contributed by atoms with van der Waals surface area (Å²) in [5.74, 6) is 1.07. The van der Waals surface area contributed by atoms with Crippen LogP contribution < -0.4 is 10.1 Å². The van der Waals surface area contributed by atoms with Crippen LogP contribution in [0.1, 0.15) is 55.2 Å². The Labute approximate surface area is 123 Å². The molecule has 0 aromatic heterocycles. The summed E-state index contributed by atoms with van der Waals surface area (Å²) in [6, 6.07) is 5.10. The quantitative estimate of drug-likeness (QED) is 0.639. The van der Waals surface area contributed by atoms with Crippen molar-refractivity contribution in [1.29, 1.82) is 0 Å². The molecular formula is C18H29NO. The molecule has 0 bridgehead atoms. The lowest BCUT2D eigenvalue weighted by atomic mass is 10.1. The summed E-state index contributed by atoms with van der Waals surface area (Å²) in [7, 11) is 0. The Morgan fingerprint density at radius 3 is 2.20 bits per heavy atom. The molecule has 1 N–H and O–H groups in total. The van der Waals surface area contributed by atoms with Gasteiger partial charge in [-0.25, -0.2) is 0 Å². The second-order valence-electron chi connectivity index (χ2n) is 6.22. The molecule has 1 fully saturated rings. The maximum atomic E-state index is 5.98. The largest absolute Gasteiger partial charge is 0.492 e. The van der Waals surface area contributed by atoms with E-state index in [-0.39, 0.29) is 0 Å². The molecule has 0 spiro atoms. The van der Waals surface area contributed by atoms with Gasteiger partial charge in [-0.05, 0) is 44.7 Å². The third-order valence-corrected chi connectivity index (χ3v) is 4.24. The average Bonchev–Trinajstić information content (AvgIpc) is 2.65. The Morgan fingerprint density at radius 1 is 1.00 bits per heavy atom. The normalized spacial score (nSPS) is 16.9.